The molecule has 0 saturated carbocycles. The Kier molecular flexibility index (Phi) is 5.26. The average Bonchev–Trinajstić information content (AvgIpc) is 2.09. The molecule has 0 radical (unpaired) electrons. The highest BCUT2D eigenvalue weighted by atomic mass is 16.5. The molecule has 0 aromatic heterocycles. The third-order valence-corrected chi connectivity index (χ3v) is 3.23. The highest BCUT2D eigenvalue weighted by molar-refractivity contribution is 4.78. The largest absolute Gasteiger partial charge is 0.375 e. The van der Waals surface area contributed by atoms with E-state index in [4.69, 9.17) is 4.74 Å². The van der Waals surface area contributed by atoms with Crippen molar-refractivity contribution >= 4 is 0 Å². The molecule has 0 spiro atoms. The standard InChI is InChI=1S/C14H29NO/c1-11-9-13(10-12(2)16-11)15-8-6-7-14(3,4)5/h11-13,15H,6-10H2,1-5H3. The summed E-state index contributed by atoms with van der Waals surface area (Å²) < 4.78 is 5.74. The summed E-state index contributed by atoms with van der Waals surface area (Å²) in [5, 5.41) is 3.68. The minimum atomic E-state index is 0.420. The van der Waals surface area contributed by atoms with Crippen LogP contribution in [0.1, 0.15) is 60.3 Å². The van der Waals surface area contributed by atoms with Crippen molar-refractivity contribution in [3.05, 3.63) is 0 Å². The Morgan fingerprint density at radius 2 is 1.69 bits per heavy atom. The van der Waals surface area contributed by atoms with E-state index in [1.165, 1.54) is 25.7 Å². The summed E-state index contributed by atoms with van der Waals surface area (Å²) in [7, 11) is 0. The zero-order chi connectivity index (χ0) is 12.2. The molecule has 1 N–H and O–H groups in total. The van der Waals surface area contributed by atoms with Gasteiger partial charge >= 0.3 is 0 Å². The summed E-state index contributed by atoms with van der Waals surface area (Å²) in [5.41, 5.74) is 0.470. The molecule has 96 valence electrons. The second kappa shape index (κ2) is 6.02. The van der Waals surface area contributed by atoms with Crippen LogP contribution in [-0.2, 0) is 4.74 Å². The van der Waals surface area contributed by atoms with Crippen molar-refractivity contribution < 1.29 is 4.74 Å². The van der Waals surface area contributed by atoms with Crippen LogP contribution in [0.3, 0.4) is 0 Å². The van der Waals surface area contributed by atoms with Crippen LogP contribution in [0.25, 0.3) is 0 Å². The van der Waals surface area contributed by atoms with E-state index in [2.05, 4.69) is 39.9 Å². The minimum Gasteiger partial charge on any atom is -0.375 e. The van der Waals surface area contributed by atoms with Gasteiger partial charge in [0.1, 0.15) is 0 Å². The lowest BCUT2D eigenvalue weighted by molar-refractivity contribution is -0.0420. The van der Waals surface area contributed by atoms with E-state index in [0.29, 0.717) is 23.7 Å². The summed E-state index contributed by atoms with van der Waals surface area (Å²) in [6.07, 6.45) is 5.75. The lowest BCUT2D eigenvalue weighted by atomic mass is 9.90. The van der Waals surface area contributed by atoms with Crippen LogP contribution in [0, 0.1) is 5.41 Å². The van der Waals surface area contributed by atoms with Gasteiger partial charge < -0.3 is 10.1 Å². The predicted molar refractivity (Wildman–Crippen MR) is 69.7 cm³/mol. The van der Waals surface area contributed by atoms with Crippen LogP contribution in [0.2, 0.25) is 0 Å². The average molecular weight is 227 g/mol. The fourth-order valence-electron chi connectivity index (χ4n) is 2.50. The molecule has 2 heteroatoms. The van der Waals surface area contributed by atoms with Crippen molar-refractivity contribution in [3.8, 4) is 0 Å². The second-order valence-corrected chi connectivity index (χ2v) is 6.54. The summed E-state index contributed by atoms with van der Waals surface area (Å²) in [6.45, 7) is 12.4. The van der Waals surface area contributed by atoms with Crippen molar-refractivity contribution in [2.45, 2.75) is 78.6 Å². The van der Waals surface area contributed by atoms with Crippen LogP contribution in [0.15, 0.2) is 0 Å². The van der Waals surface area contributed by atoms with Gasteiger partial charge in [-0.25, -0.2) is 0 Å². The number of ether oxygens (including phenoxy) is 1. The Bertz CT molecular complexity index is 187. The van der Waals surface area contributed by atoms with Crippen LogP contribution in [-0.4, -0.2) is 24.8 Å². The Balaban J connectivity index is 2.13. The molecule has 0 amide bonds. The maximum atomic E-state index is 5.74. The maximum Gasteiger partial charge on any atom is 0.0565 e. The van der Waals surface area contributed by atoms with Crippen molar-refractivity contribution in [2.24, 2.45) is 5.41 Å². The van der Waals surface area contributed by atoms with Crippen LogP contribution < -0.4 is 5.32 Å². The molecular formula is C14H29NO. The first-order chi connectivity index (χ1) is 7.37. The highest BCUT2D eigenvalue weighted by Crippen LogP contribution is 2.21. The summed E-state index contributed by atoms with van der Waals surface area (Å²) in [4.78, 5) is 0. The monoisotopic (exact) mass is 227 g/mol. The Morgan fingerprint density at radius 1 is 1.12 bits per heavy atom. The summed E-state index contributed by atoms with van der Waals surface area (Å²) >= 11 is 0. The molecule has 1 heterocycles. The fraction of sp³-hybridized carbons (Fsp3) is 1.00. The molecular weight excluding hydrogens is 198 g/mol. The smallest absolute Gasteiger partial charge is 0.0565 e. The zero-order valence-electron chi connectivity index (χ0n) is 11.7. The minimum absolute atomic E-state index is 0.420. The third kappa shape index (κ3) is 5.86. The second-order valence-electron chi connectivity index (χ2n) is 6.54. The number of hydrogen-bond acceptors (Lipinski definition) is 2. The van der Waals surface area contributed by atoms with Crippen LogP contribution >= 0.6 is 0 Å². The summed E-state index contributed by atoms with van der Waals surface area (Å²) in [6, 6.07) is 0.665. The summed E-state index contributed by atoms with van der Waals surface area (Å²) in [5.74, 6) is 0. The van der Waals surface area contributed by atoms with E-state index in [1.807, 2.05) is 0 Å². The molecule has 0 bridgehead atoms. The van der Waals surface area contributed by atoms with Crippen molar-refractivity contribution in [3.63, 3.8) is 0 Å². The molecule has 1 fully saturated rings. The third-order valence-electron chi connectivity index (χ3n) is 3.23. The van der Waals surface area contributed by atoms with Gasteiger partial charge in [0.15, 0.2) is 0 Å². The van der Waals surface area contributed by atoms with E-state index in [0.717, 1.165) is 6.54 Å². The first-order valence-electron chi connectivity index (χ1n) is 6.75. The first kappa shape index (κ1) is 14.0. The lowest BCUT2D eigenvalue weighted by Gasteiger charge is -2.33. The number of hydrogen-bond donors (Lipinski definition) is 1. The Morgan fingerprint density at radius 3 is 2.19 bits per heavy atom. The van der Waals surface area contributed by atoms with E-state index in [1.54, 1.807) is 0 Å². The van der Waals surface area contributed by atoms with E-state index in [-0.39, 0.29) is 0 Å². The van der Waals surface area contributed by atoms with Gasteiger partial charge in [0.25, 0.3) is 0 Å². The predicted octanol–water partition coefficient (Wildman–Crippen LogP) is 3.36. The molecule has 1 aliphatic rings. The molecule has 0 aromatic carbocycles. The molecule has 0 aliphatic carbocycles. The molecule has 0 aromatic rings. The highest BCUT2D eigenvalue weighted by Gasteiger charge is 2.23. The fourth-order valence-corrected chi connectivity index (χ4v) is 2.50. The molecule has 1 aliphatic heterocycles. The lowest BCUT2D eigenvalue weighted by Crippen LogP contribution is -2.41. The maximum absolute atomic E-state index is 5.74. The van der Waals surface area contributed by atoms with Crippen LogP contribution in [0.4, 0.5) is 0 Å². The van der Waals surface area contributed by atoms with E-state index in [9.17, 15) is 0 Å². The molecule has 1 saturated heterocycles. The Hall–Kier alpha value is -0.0800. The SMILES string of the molecule is CC1CC(NCCCC(C)(C)C)CC(C)O1. The van der Waals surface area contributed by atoms with Gasteiger partial charge in [0.2, 0.25) is 0 Å². The van der Waals surface area contributed by atoms with Crippen LogP contribution in [0.5, 0.6) is 0 Å². The number of nitrogens with one attached hydrogen (secondary N) is 1. The van der Waals surface area contributed by atoms with Gasteiger partial charge in [-0.2, -0.15) is 0 Å². The van der Waals surface area contributed by atoms with Gasteiger partial charge in [0.05, 0.1) is 12.2 Å². The van der Waals surface area contributed by atoms with Gasteiger partial charge in [-0.05, 0) is 51.5 Å². The van der Waals surface area contributed by atoms with Gasteiger partial charge in [-0.3, -0.25) is 0 Å². The van der Waals surface area contributed by atoms with Crippen molar-refractivity contribution in [1.82, 2.24) is 5.32 Å². The van der Waals surface area contributed by atoms with E-state index < -0.39 is 0 Å². The topological polar surface area (TPSA) is 21.3 Å². The molecule has 16 heavy (non-hydrogen) atoms. The van der Waals surface area contributed by atoms with Gasteiger partial charge in [-0.15, -0.1) is 0 Å². The van der Waals surface area contributed by atoms with E-state index >= 15 is 0 Å². The molecule has 2 nitrogen and oxygen atoms in total. The molecule has 1 rings (SSSR count). The first-order valence-corrected chi connectivity index (χ1v) is 6.75. The molecule has 2 atom stereocenters. The number of rotatable bonds is 4. The molecule has 2 unspecified atom stereocenters. The van der Waals surface area contributed by atoms with Crippen molar-refractivity contribution in [2.75, 3.05) is 6.54 Å². The van der Waals surface area contributed by atoms with Gasteiger partial charge in [-0.1, -0.05) is 20.8 Å². The normalized spacial score (nSPS) is 31.7. The van der Waals surface area contributed by atoms with Gasteiger partial charge in [0, 0.05) is 6.04 Å². The van der Waals surface area contributed by atoms with Crippen molar-refractivity contribution in [1.29, 1.82) is 0 Å². The Labute approximate surface area is 101 Å². The zero-order valence-corrected chi connectivity index (χ0v) is 11.7. The quantitative estimate of drug-likeness (QED) is 0.744.